The Labute approximate surface area is 337 Å². The lowest BCUT2D eigenvalue weighted by molar-refractivity contribution is -0.161. The number of rotatable bonds is 41. The van der Waals surface area contributed by atoms with Gasteiger partial charge in [0.15, 0.2) is 6.10 Å². The van der Waals surface area contributed by atoms with Crippen molar-refractivity contribution in [1.29, 1.82) is 0 Å². The molecule has 0 aliphatic rings. The standard InChI is InChI=1S/C46H83O8P/c1-3-5-7-9-11-13-15-17-19-21-23-25-27-29-31-33-35-37-39-41-46(48)54-44(43-53-55(49,50)51)42-52-45(47)40-38-36-34-32-30-28-26-24-22-20-18-16-14-12-10-8-6-4-2/h11,13-14,16-17,19-20,22,44H,3-10,12,15,18,21,23-43H2,1-2H3,(H2,49,50,51)/b13-11-,16-14-,19-17-,22-20-. The van der Waals surface area contributed by atoms with Crippen LogP contribution in [0.1, 0.15) is 213 Å². The molecule has 0 amide bonds. The van der Waals surface area contributed by atoms with Gasteiger partial charge in [0.1, 0.15) is 6.61 Å². The maximum Gasteiger partial charge on any atom is 0.469 e. The van der Waals surface area contributed by atoms with Crippen LogP contribution in [-0.2, 0) is 28.2 Å². The molecule has 0 heterocycles. The molecule has 320 valence electrons. The summed E-state index contributed by atoms with van der Waals surface area (Å²) in [4.78, 5) is 42.9. The van der Waals surface area contributed by atoms with Gasteiger partial charge in [-0.05, 0) is 77.0 Å². The summed E-state index contributed by atoms with van der Waals surface area (Å²) >= 11 is 0. The van der Waals surface area contributed by atoms with E-state index in [9.17, 15) is 14.2 Å². The van der Waals surface area contributed by atoms with Crippen molar-refractivity contribution in [3.05, 3.63) is 48.6 Å². The Morgan fingerprint density at radius 2 is 0.818 bits per heavy atom. The van der Waals surface area contributed by atoms with Crippen LogP contribution in [0.2, 0.25) is 0 Å². The molecule has 0 saturated heterocycles. The molecule has 0 aromatic carbocycles. The van der Waals surface area contributed by atoms with Gasteiger partial charge in [-0.25, -0.2) is 4.57 Å². The lowest BCUT2D eigenvalue weighted by atomic mass is 10.1. The molecule has 55 heavy (non-hydrogen) atoms. The number of ether oxygens (including phenoxy) is 2. The fraction of sp³-hybridized carbons (Fsp3) is 0.783. The fourth-order valence-electron chi connectivity index (χ4n) is 6.20. The van der Waals surface area contributed by atoms with Gasteiger partial charge in [-0.3, -0.25) is 14.1 Å². The Bertz CT molecular complexity index is 1030. The Balaban J connectivity index is 3.91. The minimum absolute atomic E-state index is 0.204. The van der Waals surface area contributed by atoms with Gasteiger partial charge in [0.2, 0.25) is 0 Å². The number of unbranched alkanes of at least 4 members (excludes halogenated alkanes) is 23. The average molecular weight is 795 g/mol. The zero-order valence-corrected chi connectivity index (χ0v) is 36.2. The number of hydrogen-bond donors (Lipinski definition) is 2. The lowest BCUT2D eigenvalue weighted by Crippen LogP contribution is -2.29. The molecule has 1 atom stereocenters. The predicted molar refractivity (Wildman–Crippen MR) is 230 cm³/mol. The topological polar surface area (TPSA) is 119 Å². The number of allylic oxidation sites excluding steroid dienone is 8. The first kappa shape index (κ1) is 53.0. The SMILES string of the molecule is CCCCC/C=C\C/C=C\CCCCCCCCCCCC(=O)OC(COC(=O)CCCCCCCCC/C=C\C/C=C\CCCCCC)COP(=O)(O)O. The number of carbonyl (C=O) groups is 2. The summed E-state index contributed by atoms with van der Waals surface area (Å²) in [7, 11) is -4.76. The summed E-state index contributed by atoms with van der Waals surface area (Å²) in [6.45, 7) is 3.65. The average Bonchev–Trinajstić information content (AvgIpc) is 3.16. The van der Waals surface area contributed by atoms with E-state index >= 15 is 0 Å². The van der Waals surface area contributed by atoms with Crippen molar-refractivity contribution in [1.82, 2.24) is 0 Å². The van der Waals surface area contributed by atoms with Crippen molar-refractivity contribution in [2.75, 3.05) is 13.2 Å². The molecule has 0 fully saturated rings. The first-order valence-corrected chi connectivity index (χ1v) is 24.0. The second-order valence-electron chi connectivity index (χ2n) is 15.0. The molecule has 8 nitrogen and oxygen atoms in total. The van der Waals surface area contributed by atoms with Gasteiger partial charge in [-0.15, -0.1) is 0 Å². The van der Waals surface area contributed by atoms with Crippen LogP contribution in [-0.4, -0.2) is 41.0 Å². The van der Waals surface area contributed by atoms with E-state index in [-0.39, 0.29) is 19.4 Å². The summed E-state index contributed by atoms with van der Waals surface area (Å²) in [6.07, 6.45) is 51.1. The Hall–Kier alpha value is -1.99. The van der Waals surface area contributed by atoms with E-state index in [0.29, 0.717) is 12.8 Å². The van der Waals surface area contributed by atoms with Crippen LogP contribution < -0.4 is 0 Å². The molecule has 0 aliphatic carbocycles. The Kier molecular flexibility index (Phi) is 40.1. The van der Waals surface area contributed by atoms with Crippen LogP contribution in [0.3, 0.4) is 0 Å². The number of phosphoric acid groups is 1. The van der Waals surface area contributed by atoms with Crippen molar-refractivity contribution >= 4 is 19.8 Å². The summed E-state index contributed by atoms with van der Waals surface area (Å²) < 4.78 is 26.4. The van der Waals surface area contributed by atoms with E-state index < -0.39 is 32.5 Å². The maximum absolute atomic E-state index is 12.4. The quantitative estimate of drug-likeness (QED) is 0.0272. The molecule has 0 spiro atoms. The molecule has 1 unspecified atom stereocenters. The van der Waals surface area contributed by atoms with E-state index in [4.69, 9.17) is 19.3 Å². The van der Waals surface area contributed by atoms with Crippen LogP contribution in [0, 0.1) is 0 Å². The zero-order chi connectivity index (χ0) is 40.3. The summed E-state index contributed by atoms with van der Waals surface area (Å²) in [5.41, 5.74) is 0. The first-order chi connectivity index (χ1) is 26.8. The highest BCUT2D eigenvalue weighted by atomic mass is 31.2. The molecule has 9 heteroatoms. The van der Waals surface area contributed by atoms with Crippen molar-refractivity contribution in [2.45, 2.75) is 219 Å². The molecular weight excluding hydrogens is 711 g/mol. The highest BCUT2D eigenvalue weighted by molar-refractivity contribution is 7.46. The fourth-order valence-corrected chi connectivity index (χ4v) is 6.56. The molecule has 0 bridgehead atoms. The van der Waals surface area contributed by atoms with Crippen LogP contribution >= 0.6 is 7.82 Å². The number of carbonyl (C=O) groups excluding carboxylic acids is 2. The van der Waals surface area contributed by atoms with Gasteiger partial charge in [0.05, 0.1) is 6.61 Å². The van der Waals surface area contributed by atoms with Crippen molar-refractivity contribution in [2.24, 2.45) is 0 Å². The second-order valence-corrected chi connectivity index (χ2v) is 16.3. The first-order valence-electron chi connectivity index (χ1n) is 22.4. The van der Waals surface area contributed by atoms with Gasteiger partial charge in [-0.2, -0.15) is 0 Å². The third-order valence-corrected chi connectivity index (χ3v) is 10.1. The van der Waals surface area contributed by atoms with Crippen LogP contribution in [0.4, 0.5) is 0 Å². The monoisotopic (exact) mass is 795 g/mol. The second kappa shape index (κ2) is 41.6. The molecule has 0 saturated carbocycles. The number of hydrogen-bond acceptors (Lipinski definition) is 6. The van der Waals surface area contributed by atoms with Crippen LogP contribution in [0.15, 0.2) is 48.6 Å². The van der Waals surface area contributed by atoms with Gasteiger partial charge in [0, 0.05) is 12.8 Å². The maximum atomic E-state index is 12.4. The number of phosphoric ester groups is 1. The summed E-state index contributed by atoms with van der Waals surface area (Å²) in [5.74, 6) is -0.896. The van der Waals surface area contributed by atoms with E-state index in [1.165, 1.54) is 109 Å². The molecular formula is C46H83O8P. The van der Waals surface area contributed by atoms with Crippen molar-refractivity contribution < 1.29 is 37.9 Å². The highest BCUT2D eigenvalue weighted by Crippen LogP contribution is 2.36. The minimum Gasteiger partial charge on any atom is -0.462 e. The summed E-state index contributed by atoms with van der Waals surface area (Å²) in [6, 6.07) is 0. The van der Waals surface area contributed by atoms with E-state index in [0.717, 1.165) is 64.2 Å². The lowest BCUT2D eigenvalue weighted by Gasteiger charge is -2.18. The molecule has 2 N–H and O–H groups in total. The van der Waals surface area contributed by atoms with Crippen LogP contribution in [0.5, 0.6) is 0 Å². The minimum atomic E-state index is -4.76. The van der Waals surface area contributed by atoms with Gasteiger partial charge < -0.3 is 19.3 Å². The normalized spacial score (nSPS) is 12.9. The van der Waals surface area contributed by atoms with E-state index in [1.807, 2.05) is 0 Å². The van der Waals surface area contributed by atoms with E-state index in [2.05, 4.69) is 67.0 Å². The zero-order valence-electron chi connectivity index (χ0n) is 35.3. The molecule has 0 rings (SSSR count). The van der Waals surface area contributed by atoms with Gasteiger partial charge >= 0.3 is 19.8 Å². The Morgan fingerprint density at radius 3 is 1.24 bits per heavy atom. The van der Waals surface area contributed by atoms with Crippen molar-refractivity contribution in [3.63, 3.8) is 0 Å². The Morgan fingerprint density at radius 1 is 0.473 bits per heavy atom. The van der Waals surface area contributed by atoms with Gasteiger partial charge in [-0.1, -0.05) is 172 Å². The highest BCUT2D eigenvalue weighted by Gasteiger charge is 2.22. The number of esters is 2. The third-order valence-electron chi connectivity index (χ3n) is 9.57. The van der Waals surface area contributed by atoms with Gasteiger partial charge in [0.25, 0.3) is 0 Å². The molecule has 0 aromatic rings. The van der Waals surface area contributed by atoms with E-state index in [1.54, 1.807) is 0 Å². The largest absolute Gasteiger partial charge is 0.469 e. The molecule has 0 aromatic heterocycles. The smallest absolute Gasteiger partial charge is 0.462 e. The summed E-state index contributed by atoms with van der Waals surface area (Å²) in [5, 5.41) is 0. The predicted octanol–water partition coefficient (Wildman–Crippen LogP) is 13.9. The van der Waals surface area contributed by atoms with Crippen LogP contribution in [0.25, 0.3) is 0 Å². The van der Waals surface area contributed by atoms with Crippen molar-refractivity contribution in [3.8, 4) is 0 Å². The molecule has 0 aliphatic heterocycles. The molecule has 0 radical (unpaired) electrons. The third kappa shape index (κ3) is 44.6.